The van der Waals surface area contributed by atoms with Gasteiger partial charge in [-0.25, -0.2) is 4.39 Å². The zero-order chi connectivity index (χ0) is 15.6. The normalized spacial score (nSPS) is 12.5. The van der Waals surface area contributed by atoms with Gasteiger partial charge in [0.15, 0.2) is 0 Å². The van der Waals surface area contributed by atoms with E-state index in [1.165, 1.54) is 0 Å². The Labute approximate surface area is 142 Å². The molecule has 0 amide bonds. The van der Waals surface area contributed by atoms with Crippen molar-refractivity contribution in [1.29, 1.82) is 0 Å². The van der Waals surface area contributed by atoms with Crippen molar-refractivity contribution in [2.75, 3.05) is 6.54 Å². The molecule has 0 bridgehead atoms. The molecule has 1 N–H and O–H groups in total. The minimum absolute atomic E-state index is 0.0982. The van der Waals surface area contributed by atoms with Crippen molar-refractivity contribution in [3.63, 3.8) is 0 Å². The molecule has 0 radical (unpaired) electrons. The van der Waals surface area contributed by atoms with Crippen LogP contribution in [0.2, 0.25) is 10.0 Å². The van der Waals surface area contributed by atoms with Crippen LogP contribution in [0.4, 0.5) is 4.39 Å². The summed E-state index contributed by atoms with van der Waals surface area (Å²) in [6.07, 6.45) is 0. The van der Waals surface area contributed by atoms with Gasteiger partial charge in [0.1, 0.15) is 5.82 Å². The van der Waals surface area contributed by atoms with Crippen LogP contribution in [0.5, 0.6) is 0 Å². The fraction of sp³-hybridized carbons (Fsp3) is 0.250. The van der Waals surface area contributed by atoms with Crippen LogP contribution in [0.25, 0.3) is 0 Å². The van der Waals surface area contributed by atoms with Crippen molar-refractivity contribution >= 4 is 39.1 Å². The summed E-state index contributed by atoms with van der Waals surface area (Å²) in [5.41, 5.74) is 2.43. The van der Waals surface area contributed by atoms with E-state index in [0.29, 0.717) is 21.6 Å². The summed E-state index contributed by atoms with van der Waals surface area (Å²) in [5.74, 6) is -0.412. The standard InChI is InChI=1S/C16H15BrCl2FN/c1-3-21-16(10-4-7-13(18)9(2)8-10)11-5-6-12(17)14(19)15(11)20/h4-8,16,21H,3H2,1-2H3. The Morgan fingerprint density at radius 1 is 1.24 bits per heavy atom. The van der Waals surface area contributed by atoms with E-state index < -0.39 is 5.82 Å². The first kappa shape index (κ1) is 16.8. The van der Waals surface area contributed by atoms with E-state index >= 15 is 0 Å². The van der Waals surface area contributed by atoms with Gasteiger partial charge in [0.25, 0.3) is 0 Å². The Kier molecular flexibility index (Phi) is 5.67. The highest BCUT2D eigenvalue weighted by atomic mass is 79.9. The second-order valence-electron chi connectivity index (χ2n) is 4.76. The lowest BCUT2D eigenvalue weighted by Gasteiger charge is -2.21. The molecule has 1 unspecified atom stereocenters. The third-order valence-electron chi connectivity index (χ3n) is 3.30. The molecule has 2 aromatic carbocycles. The summed E-state index contributed by atoms with van der Waals surface area (Å²) < 4.78 is 15.0. The molecular formula is C16H15BrCl2FN. The van der Waals surface area contributed by atoms with Crippen molar-refractivity contribution in [3.05, 3.63) is 67.4 Å². The Hall–Kier alpha value is -0.610. The molecule has 0 saturated heterocycles. The third-order valence-corrected chi connectivity index (χ3v) is 4.98. The number of hydrogen-bond acceptors (Lipinski definition) is 1. The van der Waals surface area contributed by atoms with Crippen LogP contribution >= 0.6 is 39.1 Å². The van der Waals surface area contributed by atoms with Gasteiger partial charge in [-0.2, -0.15) is 0 Å². The number of benzene rings is 2. The average Bonchev–Trinajstić information content (AvgIpc) is 2.46. The molecule has 0 fully saturated rings. The van der Waals surface area contributed by atoms with Gasteiger partial charge in [0, 0.05) is 15.1 Å². The molecule has 1 atom stereocenters. The third kappa shape index (κ3) is 3.59. The minimum atomic E-state index is -0.412. The zero-order valence-electron chi connectivity index (χ0n) is 11.7. The maximum Gasteiger partial charge on any atom is 0.148 e. The fourth-order valence-electron chi connectivity index (χ4n) is 2.22. The van der Waals surface area contributed by atoms with Crippen LogP contribution in [-0.4, -0.2) is 6.54 Å². The van der Waals surface area contributed by atoms with Crippen LogP contribution in [0.1, 0.15) is 29.7 Å². The minimum Gasteiger partial charge on any atom is -0.306 e. The SMILES string of the molecule is CCNC(c1ccc(Cl)c(C)c1)c1ccc(Br)c(Cl)c1F. The molecule has 0 aliphatic rings. The van der Waals surface area contributed by atoms with Crippen molar-refractivity contribution in [3.8, 4) is 0 Å². The van der Waals surface area contributed by atoms with Crippen molar-refractivity contribution in [2.45, 2.75) is 19.9 Å². The molecule has 2 aromatic rings. The first-order valence-corrected chi connectivity index (χ1v) is 8.13. The lowest BCUT2D eigenvalue weighted by molar-refractivity contribution is 0.558. The summed E-state index contributed by atoms with van der Waals surface area (Å²) >= 11 is 15.3. The van der Waals surface area contributed by atoms with Crippen LogP contribution < -0.4 is 5.32 Å². The maximum absolute atomic E-state index is 14.5. The second kappa shape index (κ2) is 7.10. The van der Waals surface area contributed by atoms with E-state index in [1.807, 2.05) is 32.0 Å². The van der Waals surface area contributed by atoms with Gasteiger partial charge in [-0.1, -0.05) is 48.3 Å². The number of nitrogens with one attached hydrogen (secondary N) is 1. The van der Waals surface area contributed by atoms with E-state index in [0.717, 1.165) is 11.1 Å². The Bertz CT molecular complexity index is 661. The number of aryl methyl sites for hydroxylation is 1. The van der Waals surface area contributed by atoms with Gasteiger partial charge in [0.05, 0.1) is 11.1 Å². The summed E-state index contributed by atoms with van der Waals surface area (Å²) in [4.78, 5) is 0. The predicted octanol–water partition coefficient (Wildman–Crippen LogP) is 5.90. The molecule has 5 heteroatoms. The second-order valence-corrected chi connectivity index (χ2v) is 6.40. The lowest BCUT2D eigenvalue weighted by Crippen LogP contribution is -2.23. The molecule has 21 heavy (non-hydrogen) atoms. The summed E-state index contributed by atoms with van der Waals surface area (Å²) in [6.45, 7) is 4.62. The lowest BCUT2D eigenvalue weighted by atomic mass is 9.97. The predicted molar refractivity (Wildman–Crippen MR) is 90.8 cm³/mol. The zero-order valence-corrected chi connectivity index (χ0v) is 14.8. The smallest absolute Gasteiger partial charge is 0.148 e. The molecule has 0 aliphatic heterocycles. The number of hydrogen-bond donors (Lipinski definition) is 1. The molecular weight excluding hydrogens is 376 g/mol. The molecule has 112 valence electrons. The highest BCUT2D eigenvalue weighted by Gasteiger charge is 2.20. The Morgan fingerprint density at radius 2 is 1.95 bits per heavy atom. The van der Waals surface area contributed by atoms with E-state index in [-0.39, 0.29) is 11.1 Å². The molecule has 1 nitrogen and oxygen atoms in total. The quantitative estimate of drug-likeness (QED) is 0.640. The van der Waals surface area contributed by atoms with E-state index in [9.17, 15) is 4.39 Å². The highest BCUT2D eigenvalue weighted by molar-refractivity contribution is 9.10. The Morgan fingerprint density at radius 3 is 2.57 bits per heavy atom. The number of rotatable bonds is 4. The van der Waals surface area contributed by atoms with Crippen LogP contribution in [-0.2, 0) is 0 Å². The van der Waals surface area contributed by atoms with E-state index in [2.05, 4.69) is 21.2 Å². The van der Waals surface area contributed by atoms with Crippen molar-refractivity contribution < 1.29 is 4.39 Å². The van der Waals surface area contributed by atoms with Crippen molar-refractivity contribution in [2.24, 2.45) is 0 Å². The van der Waals surface area contributed by atoms with Crippen LogP contribution in [0.3, 0.4) is 0 Å². The Balaban J connectivity index is 2.53. The summed E-state index contributed by atoms with van der Waals surface area (Å²) in [5, 5.41) is 4.09. The highest BCUT2D eigenvalue weighted by Crippen LogP contribution is 2.33. The molecule has 0 spiro atoms. The van der Waals surface area contributed by atoms with Crippen LogP contribution in [0.15, 0.2) is 34.8 Å². The van der Waals surface area contributed by atoms with Gasteiger partial charge in [0.2, 0.25) is 0 Å². The molecule has 0 aromatic heterocycles. The largest absolute Gasteiger partial charge is 0.306 e. The first-order chi connectivity index (χ1) is 9.95. The summed E-state index contributed by atoms with van der Waals surface area (Å²) in [7, 11) is 0. The van der Waals surface area contributed by atoms with Gasteiger partial charge in [-0.15, -0.1) is 0 Å². The summed E-state index contributed by atoms with van der Waals surface area (Å²) in [6, 6.07) is 8.92. The monoisotopic (exact) mass is 389 g/mol. The van der Waals surface area contributed by atoms with Crippen molar-refractivity contribution in [1.82, 2.24) is 5.32 Å². The molecule has 0 heterocycles. The van der Waals surface area contributed by atoms with E-state index in [1.54, 1.807) is 12.1 Å². The number of halogens is 4. The van der Waals surface area contributed by atoms with Gasteiger partial charge < -0.3 is 5.32 Å². The topological polar surface area (TPSA) is 12.0 Å². The van der Waals surface area contributed by atoms with Gasteiger partial charge in [-0.3, -0.25) is 0 Å². The maximum atomic E-state index is 14.5. The average molecular weight is 391 g/mol. The molecule has 2 rings (SSSR count). The molecule has 0 saturated carbocycles. The van der Waals surface area contributed by atoms with Gasteiger partial charge >= 0.3 is 0 Å². The van der Waals surface area contributed by atoms with Gasteiger partial charge in [-0.05, 0) is 52.7 Å². The fourth-order valence-corrected chi connectivity index (χ4v) is 2.82. The first-order valence-electron chi connectivity index (χ1n) is 6.58. The molecule has 0 aliphatic carbocycles. The van der Waals surface area contributed by atoms with Crippen LogP contribution in [0, 0.1) is 12.7 Å². The van der Waals surface area contributed by atoms with E-state index in [4.69, 9.17) is 23.2 Å².